The number of rotatable bonds is 5. The number of carboxylic acid groups (broad SMARTS) is 1. The van der Waals surface area contributed by atoms with Gasteiger partial charge in [-0.15, -0.1) is 0 Å². The fourth-order valence-corrected chi connectivity index (χ4v) is 1.59. The number of hydrogen-bond donors (Lipinski definition) is 3. The Bertz CT molecular complexity index is 535. The minimum atomic E-state index is -2.43. The summed E-state index contributed by atoms with van der Waals surface area (Å²) in [4.78, 5) is 22.0. The summed E-state index contributed by atoms with van der Waals surface area (Å²) in [6.07, 6.45) is -2.43. The highest BCUT2D eigenvalue weighted by atomic mass is 19.1. The Labute approximate surface area is 112 Å². The average molecular weight is 289 g/mol. The smallest absolute Gasteiger partial charge is 0.342 e. The van der Waals surface area contributed by atoms with E-state index in [9.17, 15) is 23.5 Å². The number of benzene rings is 1. The van der Waals surface area contributed by atoms with Gasteiger partial charge in [-0.25, -0.2) is 18.4 Å². The zero-order chi connectivity index (χ0) is 15.4. The van der Waals surface area contributed by atoms with Crippen molar-refractivity contribution in [2.45, 2.75) is 19.1 Å². The Hall–Kier alpha value is -2.22. The summed E-state index contributed by atoms with van der Waals surface area (Å²) in [5.41, 5.74) is 3.94. The van der Waals surface area contributed by atoms with E-state index in [1.54, 1.807) is 0 Å². The zero-order valence-corrected chi connectivity index (χ0v) is 10.5. The van der Waals surface area contributed by atoms with E-state index >= 15 is 0 Å². The number of halogens is 2. The van der Waals surface area contributed by atoms with Crippen LogP contribution in [-0.4, -0.2) is 34.9 Å². The highest BCUT2D eigenvalue weighted by molar-refractivity contribution is 5.91. The standard InChI is InChI=1S/C12H13F2NO5/c1-2-20-12(19)8(14)9(15)7-6(13)4-3-5(10(7)16)11(17)18/h3-4,8-9,16H,2,15H2,1H3,(H,17,18)/t8?,9-/m1/s1. The number of alkyl halides is 1. The Balaban J connectivity index is 3.21. The van der Waals surface area contributed by atoms with Crippen LogP contribution in [0.1, 0.15) is 28.9 Å². The topological polar surface area (TPSA) is 110 Å². The number of hydrogen-bond acceptors (Lipinski definition) is 5. The Morgan fingerprint density at radius 1 is 1.45 bits per heavy atom. The molecule has 0 fully saturated rings. The van der Waals surface area contributed by atoms with Crippen molar-refractivity contribution in [3.63, 3.8) is 0 Å². The molecule has 0 aliphatic heterocycles. The summed E-state index contributed by atoms with van der Waals surface area (Å²) in [5.74, 6) is -4.99. The number of aromatic carboxylic acids is 1. The van der Waals surface area contributed by atoms with E-state index in [-0.39, 0.29) is 6.61 Å². The van der Waals surface area contributed by atoms with Crippen molar-refractivity contribution in [1.82, 2.24) is 0 Å². The lowest BCUT2D eigenvalue weighted by atomic mass is 9.98. The van der Waals surface area contributed by atoms with Gasteiger partial charge in [0.25, 0.3) is 0 Å². The number of nitrogens with two attached hydrogens (primary N) is 1. The molecule has 0 saturated carbocycles. The predicted octanol–water partition coefficient (Wildman–Crippen LogP) is 1.13. The van der Waals surface area contributed by atoms with Crippen LogP contribution < -0.4 is 5.73 Å². The molecular weight excluding hydrogens is 276 g/mol. The molecule has 1 rings (SSSR count). The van der Waals surface area contributed by atoms with Crippen molar-refractivity contribution in [3.05, 3.63) is 29.1 Å². The van der Waals surface area contributed by atoms with E-state index in [2.05, 4.69) is 4.74 Å². The molecule has 2 atom stereocenters. The molecule has 1 aromatic rings. The fraction of sp³-hybridized carbons (Fsp3) is 0.333. The van der Waals surface area contributed by atoms with Gasteiger partial charge in [0.05, 0.1) is 18.2 Å². The first-order valence-corrected chi connectivity index (χ1v) is 5.62. The molecule has 20 heavy (non-hydrogen) atoms. The molecule has 0 aliphatic carbocycles. The molecular formula is C12H13F2NO5. The Morgan fingerprint density at radius 3 is 2.55 bits per heavy atom. The number of phenols is 1. The molecule has 110 valence electrons. The molecule has 0 spiro atoms. The third-order valence-electron chi connectivity index (χ3n) is 2.55. The molecule has 1 aromatic carbocycles. The van der Waals surface area contributed by atoms with Gasteiger partial charge in [-0.1, -0.05) is 0 Å². The summed E-state index contributed by atoms with van der Waals surface area (Å²) < 4.78 is 31.7. The van der Waals surface area contributed by atoms with Crippen LogP contribution in [0.4, 0.5) is 8.78 Å². The maximum atomic E-state index is 13.7. The summed E-state index contributed by atoms with van der Waals surface area (Å²) >= 11 is 0. The second-order valence-electron chi connectivity index (χ2n) is 3.84. The second-order valence-corrected chi connectivity index (χ2v) is 3.84. The molecule has 4 N–H and O–H groups in total. The minimum Gasteiger partial charge on any atom is -0.507 e. The minimum absolute atomic E-state index is 0.102. The number of ether oxygens (including phenoxy) is 1. The third-order valence-corrected chi connectivity index (χ3v) is 2.55. The largest absolute Gasteiger partial charge is 0.507 e. The van der Waals surface area contributed by atoms with Crippen molar-refractivity contribution in [2.24, 2.45) is 5.73 Å². The number of aromatic hydroxyl groups is 1. The van der Waals surface area contributed by atoms with Gasteiger partial charge in [-0.05, 0) is 19.1 Å². The van der Waals surface area contributed by atoms with Crippen LogP contribution in [0.3, 0.4) is 0 Å². The lowest BCUT2D eigenvalue weighted by molar-refractivity contribution is -0.150. The van der Waals surface area contributed by atoms with Crippen molar-refractivity contribution >= 4 is 11.9 Å². The van der Waals surface area contributed by atoms with E-state index in [1.165, 1.54) is 6.92 Å². The normalized spacial score (nSPS) is 13.6. The van der Waals surface area contributed by atoms with E-state index < -0.39 is 46.8 Å². The predicted molar refractivity (Wildman–Crippen MR) is 63.5 cm³/mol. The molecule has 0 bridgehead atoms. The van der Waals surface area contributed by atoms with Gasteiger partial charge < -0.3 is 20.7 Å². The van der Waals surface area contributed by atoms with Crippen LogP contribution in [0.5, 0.6) is 5.75 Å². The van der Waals surface area contributed by atoms with E-state index in [0.717, 1.165) is 12.1 Å². The van der Waals surface area contributed by atoms with Crippen molar-refractivity contribution in [3.8, 4) is 5.75 Å². The maximum absolute atomic E-state index is 13.7. The summed E-state index contributed by atoms with van der Waals surface area (Å²) in [7, 11) is 0. The van der Waals surface area contributed by atoms with Crippen molar-refractivity contribution in [1.29, 1.82) is 0 Å². The van der Waals surface area contributed by atoms with Gasteiger partial charge in [0.2, 0.25) is 6.17 Å². The van der Waals surface area contributed by atoms with Crippen LogP contribution >= 0.6 is 0 Å². The first kappa shape index (κ1) is 15.8. The fourth-order valence-electron chi connectivity index (χ4n) is 1.59. The molecule has 0 radical (unpaired) electrons. The molecule has 6 nitrogen and oxygen atoms in total. The van der Waals surface area contributed by atoms with Gasteiger partial charge in [0, 0.05) is 0 Å². The monoisotopic (exact) mass is 289 g/mol. The molecule has 1 unspecified atom stereocenters. The molecule has 0 aromatic heterocycles. The van der Waals surface area contributed by atoms with Crippen LogP contribution in [0.25, 0.3) is 0 Å². The number of esters is 1. The SMILES string of the molecule is CCOC(=O)C(F)[C@H](N)c1c(F)ccc(C(=O)O)c1O. The van der Waals surface area contributed by atoms with E-state index in [4.69, 9.17) is 10.8 Å². The third kappa shape index (κ3) is 3.02. The van der Waals surface area contributed by atoms with E-state index in [0.29, 0.717) is 0 Å². The first-order chi connectivity index (χ1) is 9.31. The second kappa shape index (κ2) is 6.29. The van der Waals surface area contributed by atoms with Gasteiger partial charge in [-0.2, -0.15) is 0 Å². The lowest BCUT2D eigenvalue weighted by Gasteiger charge is -2.18. The number of carboxylic acids is 1. The quantitative estimate of drug-likeness (QED) is 0.701. The number of carbonyl (C=O) groups is 2. The maximum Gasteiger partial charge on any atom is 0.342 e. The lowest BCUT2D eigenvalue weighted by Crippen LogP contribution is -2.32. The van der Waals surface area contributed by atoms with Crippen molar-refractivity contribution in [2.75, 3.05) is 6.61 Å². The van der Waals surface area contributed by atoms with Gasteiger partial charge in [0.15, 0.2) is 0 Å². The van der Waals surface area contributed by atoms with Crippen LogP contribution in [0, 0.1) is 5.82 Å². The van der Waals surface area contributed by atoms with Gasteiger partial charge in [-0.3, -0.25) is 0 Å². The Kier molecular flexibility index (Phi) is 4.98. The molecule has 0 heterocycles. The average Bonchev–Trinajstić information content (AvgIpc) is 2.37. The summed E-state index contributed by atoms with van der Waals surface area (Å²) in [5, 5.41) is 18.4. The van der Waals surface area contributed by atoms with Gasteiger partial charge >= 0.3 is 11.9 Å². The van der Waals surface area contributed by atoms with Gasteiger partial charge in [0.1, 0.15) is 17.1 Å². The Morgan fingerprint density at radius 2 is 2.05 bits per heavy atom. The zero-order valence-electron chi connectivity index (χ0n) is 10.5. The molecule has 0 saturated heterocycles. The highest BCUT2D eigenvalue weighted by Gasteiger charge is 2.33. The highest BCUT2D eigenvalue weighted by Crippen LogP contribution is 2.32. The molecule has 0 aliphatic rings. The van der Waals surface area contributed by atoms with E-state index in [1.807, 2.05) is 0 Å². The molecule has 0 amide bonds. The first-order valence-electron chi connectivity index (χ1n) is 5.62. The summed E-state index contributed by atoms with van der Waals surface area (Å²) in [6, 6.07) is -0.356. The van der Waals surface area contributed by atoms with Crippen molar-refractivity contribution < 1.29 is 33.3 Å². The number of carbonyl (C=O) groups excluding carboxylic acids is 1. The summed E-state index contributed by atoms with van der Waals surface area (Å²) in [6.45, 7) is 1.34. The van der Waals surface area contributed by atoms with Crippen LogP contribution in [0.2, 0.25) is 0 Å². The van der Waals surface area contributed by atoms with Crippen LogP contribution in [0.15, 0.2) is 12.1 Å². The van der Waals surface area contributed by atoms with Crippen LogP contribution in [-0.2, 0) is 9.53 Å². The molecule has 8 heteroatoms.